The van der Waals surface area contributed by atoms with Gasteiger partial charge in [-0.15, -0.1) is 0 Å². The molecule has 0 spiro atoms. The number of hydrogen-bond donors (Lipinski definition) is 1. The highest BCUT2D eigenvalue weighted by Crippen LogP contribution is 2.31. The third kappa shape index (κ3) is 4.52. The fraction of sp³-hybridized carbons (Fsp3) is 0.545. The summed E-state index contributed by atoms with van der Waals surface area (Å²) in [6.45, 7) is 6.18. The molecule has 0 saturated carbocycles. The quantitative estimate of drug-likeness (QED) is 0.884. The van der Waals surface area contributed by atoms with Gasteiger partial charge >= 0.3 is 6.18 Å². The van der Waals surface area contributed by atoms with Gasteiger partial charge in [-0.25, -0.2) is 0 Å². The minimum Gasteiger partial charge on any atom is -0.306 e. The summed E-state index contributed by atoms with van der Waals surface area (Å²) in [5.41, 5.74) is -0.565. The van der Waals surface area contributed by atoms with E-state index in [9.17, 15) is 13.2 Å². The van der Waals surface area contributed by atoms with Crippen molar-refractivity contribution in [1.82, 2.24) is 10.3 Å². The van der Waals surface area contributed by atoms with E-state index in [-0.39, 0.29) is 10.6 Å². The van der Waals surface area contributed by atoms with Crippen LogP contribution in [0.15, 0.2) is 12.3 Å². The van der Waals surface area contributed by atoms with Crippen LogP contribution in [0.1, 0.15) is 32.0 Å². The van der Waals surface area contributed by atoms with E-state index in [1.54, 1.807) is 0 Å². The van der Waals surface area contributed by atoms with Gasteiger partial charge in [0.15, 0.2) is 0 Å². The Hall–Kier alpha value is -0.810. The standard InChI is InChI=1S/C11H14ClF3N2/c1-10(2,3)17-6-9-8(12)4-7(5-16-9)11(13,14)15/h4-5,17H,6H2,1-3H3. The van der Waals surface area contributed by atoms with Gasteiger partial charge in [-0.05, 0) is 26.8 Å². The average Bonchev–Trinajstić information content (AvgIpc) is 2.12. The lowest BCUT2D eigenvalue weighted by Gasteiger charge is -2.20. The highest BCUT2D eigenvalue weighted by Gasteiger charge is 2.31. The number of rotatable bonds is 2. The average molecular weight is 267 g/mol. The van der Waals surface area contributed by atoms with Crippen LogP contribution in [-0.2, 0) is 12.7 Å². The van der Waals surface area contributed by atoms with Crippen LogP contribution >= 0.6 is 11.6 Å². The molecule has 0 aliphatic heterocycles. The number of nitrogens with one attached hydrogen (secondary N) is 1. The Labute approximate surface area is 103 Å². The molecule has 6 heteroatoms. The minimum atomic E-state index is -4.41. The normalized spacial score (nSPS) is 12.9. The molecule has 1 aromatic rings. The number of pyridine rings is 1. The van der Waals surface area contributed by atoms with Crippen molar-refractivity contribution in [1.29, 1.82) is 0 Å². The van der Waals surface area contributed by atoms with E-state index in [4.69, 9.17) is 11.6 Å². The highest BCUT2D eigenvalue weighted by atomic mass is 35.5. The van der Waals surface area contributed by atoms with Gasteiger partial charge in [0, 0.05) is 18.3 Å². The van der Waals surface area contributed by atoms with E-state index in [0.717, 1.165) is 12.3 Å². The Bertz CT molecular complexity index is 397. The van der Waals surface area contributed by atoms with Crippen LogP contribution in [-0.4, -0.2) is 10.5 Å². The van der Waals surface area contributed by atoms with E-state index in [1.807, 2.05) is 20.8 Å². The summed E-state index contributed by atoms with van der Waals surface area (Å²) in [4.78, 5) is 3.73. The lowest BCUT2D eigenvalue weighted by molar-refractivity contribution is -0.137. The Morgan fingerprint density at radius 3 is 2.29 bits per heavy atom. The second-order valence-corrected chi connectivity index (χ2v) is 5.16. The first-order valence-corrected chi connectivity index (χ1v) is 5.44. The van der Waals surface area contributed by atoms with Crippen molar-refractivity contribution < 1.29 is 13.2 Å². The van der Waals surface area contributed by atoms with Crippen molar-refractivity contribution in [3.63, 3.8) is 0 Å². The number of hydrogen-bond acceptors (Lipinski definition) is 2. The maximum Gasteiger partial charge on any atom is 0.417 e. The summed E-state index contributed by atoms with van der Waals surface area (Å²) in [6.07, 6.45) is -3.61. The molecule has 0 aromatic carbocycles. The molecule has 0 fully saturated rings. The van der Waals surface area contributed by atoms with Gasteiger partial charge in [0.1, 0.15) is 0 Å². The molecule has 17 heavy (non-hydrogen) atoms. The van der Waals surface area contributed by atoms with E-state index in [2.05, 4.69) is 10.3 Å². The van der Waals surface area contributed by atoms with Crippen molar-refractivity contribution in [2.75, 3.05) is 0 Å². The summed E-state index contributed by atoms with van der Waals surface area (Å²) in [6, 6.07) is 0.897. The molecule has 0 aliphatic rings. The number of aromatic nitrogens is 1. The molecule has 0 radical (unpaired) electrons. The van der Waals surface area contributed by atoms with Gasteiger partial charge in [-0.1, -0.05) is 11.6 Å². The van der Waals surface area contributed by atoms with E-state index < -0.39 is 11.7 Å². The molecule has 0 amide bonds. The molecule has 0 saturated heterocycles. The number of alkyl halides is 3. The fourth-order valence-electron chi connectivity index (χ4n) is 1.10. The smallest absolute Gasteiger partial charge is 0.306 e. The largest absolute Gasteiger partial charge is 0.417 e. The van der Waals surface area contributed by atoms with Gasteiger partial charge < -0.3 is 5.32 Å². The third-order valence-corrected chi connectivity index (χ3v) is 2.36. The van der Waals surface area contributed by atoms with Crippen LogP contribution in [0.25, 0.3) is 0 Å². The highest BCUT2D eigenvalue weighted by molar-refractivity contribution is 6.31. The van der Waals surface area contributed by atoms with Crippen molar-refractivity contribution in [3.05, 3.63) is 28.5 Å². The molecule has 0 aliphatic carbocycles. The van der Waals surface area contributed by atoms with Crippen molar-refractivity contribution in [2.45, 2.75) is 39.0 Å². The van der Waals surface area contributed by atoms with Crippen LogP contribution in [0, 0.1) is 0 Å². The van der Waals surface area contributed by atoms with Crippen molar-refractivity contribution in [2.24, 2.45) is 0 Å². The lowest BCUT2D eigenvalue weighted by Crippen LogP contribution is -2.35. The zero-order chi connectivity index (χ0) is 13.3. The van der Waals surface area contributed by atoms with Gasteiger partial charge in [-0.3, -0.25) is 4.98 Å². The molecular weight excluding hydrogens is 253 g/mol. The van der Waals surface area contributed by atoms with Gasteiger partial charge in [-0.2, -0.15) is 13.2 Å². The summed E-state index contributed by atoms with van der Waals surface area (Å²) in [5.74, 6) is 0. The van der Waals surface area contributed by atoms with Gasteiger partial charge in [0.2, 0.25) is 0 Å². The van der Waals surface area contributed by atoms with Crippen LogP contribution < -0.4 is 5.32 Å². The summed E-state index contributed by atoms with van der Waals surface area (Å²) in [5, 5.41) is 3.13. The zero-order valence-corrected chi connectivity index (χ0v) is 10.6. The van der Waals surface area contributed by atoms with Crippen LogP contribution in [0.3, 0.4) is 0 Å². The fourth-order valence-corrected chi connectivity index (χ4v) is 1.33. The molecule has 1 aromatic heterocycles. The molecule has 0 unspecified atom stereocenters. The first-order valence-electron chi connectivity index (χ1n) is 5.06. The molecule has 0 bridgehead atoms. The van der Waals surface area contributed by atoms with E-state index in [0.29, 0.717) is 12.2 Å². The second-order valence-electron chi connectivity index (χ2n) is 4.75. The van der Waals surface area contributed by atoms with Crippen LogP contribution in [0.2, 0.25) is 5.02 Å². The Morgan fingerprint density at radius 1 is 1.29 bits per heavy atom. The zero-order valence-electron chi connectivity index (χ0n) is 9.82. The molecular formula is C11H14ClF3N2. The van der Waals surface area contributed by atoms with Crippen molar-refractivity contribution in [3.8, 4) is 0 Å². The predicted octanol–water partition coefficient (Wildman–Crippen LogP) is 3.64. The maximum absolute atomic E-state index is 12.4. The van der Waals surface area contributed by atoms with E-state index in [1.165, 1.54) is 0 Å². The Morgan fingerprint density at radius 2 is 1.88 bits per heavy atom. The number of halogens is 4. The van der Waals surface area contributed by atoms with Crippen LogP contribution in [0.4, 0.5) is 13.2 Å². The molecule has 96 valence electrons. The number of nitrogens with zero attached hydrogens (tertiary/aromatic N) is 1. The summed E-state index contributed by atoms with van der Waals surface area (Å²) in [7, 11) is 0. The summed E-state index contributed by atoms with van der Waals surface area (Å²) >= 11 is 5.76. The minimum absolute atomic E-state index is 0.0246. The third-order valence-electron chi connectivity index (χ3n) is 2.03. The van der Waals surface area contributed by atoms with Crippen molar-refractivity contribution >= 4 is 11.6 Å². The molecule has 2 nitrogen and oxygen atoms in total. The van der Waals surface area contributed by atoms with Crippen LogP contribution in [0.5, 0.6) is 0 Å². The second kappa shape index (κ2) is 4.82. The van der Waals surface area contributed by atoms with E-state index >= 15 is 0 Å². The molecule has 1 N–H and O–H groups in total. The van der Waals surface area contributed by atoms with Gasteiger partial charge in [0.25, 0.3) is 0 Å². The lowest BCUT2D eigenvalue weighted by atomic mass is 10.1. The molecule has 1 rings (SSSR count). The topological polar surface area (TPSA) is 24.9 Å². The maximum atomic E-state index is 12.4. The molecule has 0 atom stereocenters. The first-order chi connectivity index (χ1) is 7.59. The SMILES string of the molecule is CC(C)(C)NCc1ncc(C(F)(F)F)cc1Cl. The summed E-state index contributed by atoms with van der Waals surface area (Å²) < 4.78 is 37.1. The Kier molecular flexibility index (Phi) is 4.04. The first kappa shape index (κ1) is 14.3. The Balaban J connectivity index is 2.84. The predicted molar refractivity (Wildman–Crippen MR) is 60.8 cm³/mol. The van der Waals surface area contributed by atoms with Gasteiger partial charge in [0.05, 0.1) is 16.3 Å². The molecule has 1 heterocycles. The monoisotopic (exact) mass is 266 g/mol.